The summed E-state index contributed by atoms with van der Waals surface area (Å²) < 4.78 is 12.7. The number of hydrogen-bond acceptors (Lipinski definition) is 7. The number of anilines is 1. The Morgan fingerprint density at radius 1 is 1.24 bits per heavy atom. The van der Waals surface area contributed by atoms with E-state index in [-0.39, 0.29) is 35.0 Å². The molecule has 0 saturated carbocycles. The third-order valence-electron chi connectivity index (χ3n) is 5.87. The van der Waals surface area contributed by atoms with E-state index in [9.17, 15) is 9.59 Å². The zero-order chi connectivity index (χ0) is 26.6. The van der Waals surface area contributed by atoms with Crippen molar-refractivity contribution < 1.29 is 19.1 Å². The van der Waals surface area contributed by atoms with Crippen molar-refractivity contribution in [3.63, 3.8) is 0 Å². The normalized spacial score (nSPS) is 14.9. The molecular formula is C26H23Cl2N5O4S. The molecule has 2 amide bonds. The van der Waals surface area contributed by atoms with Gasteiger partial charge in [0, 0.05) is 35.8 Å². The van der Waals surface area contributed by atoms with Crippen molar-refractivity contribution in [1.29, 1.82) is 0 Å². The molecule has 1 aliphatic rings. The third kappa shape index (κ3) is 5.83. The van der Waals surface area contributed by atoms with Crippen molar-refractivity contribution in [2.24, 2.45) is 0 Å². The van der Waals surface area contributed by atoms with Crippen molar-refractivity contribution in [3.8, 4) is 17.4 Å². The summed E-state index contributed by atoms with van der Waals surface area (Å²) in [5.74, 6) is 0.0964. The van der Waals surface area contributed by atoms with Crippen LogP contribution in [0.1, 0.15) is 39.3 Å². The van der Waals surface area contributed by atoms with E-state index in [0.717, 1.165) is 12.8 Å². The standard InChI is InChI=1S/C26H23Cl2N5O4S/c1-15-10-16(27)11-19(25(34)30-13-17-4-3-8-36-17)23(15)31-26(35)21-12-22(37-18-6-9-38-14-18)32-33(21)24-20(28)5-2-7-29-24/h2,5-7,9-12,14,17H,3-4,8,13H2,1H3,(H,30,34)(H,31,35)/t17-/m0/s1. The second-order valence-electron chi connectivity index (χ2n) is 8.59. The molecule has 1 fully saturated rings. The fourth-order valence-corrected chi connectivity index (χ4v) is 5.10. The van der Waals surface area contributed by atoms with Gasteiger partial charge in [0.25, 0.3) is 11.8 Å². The van der Waals surface area contributed by atoms with Gasteiger partial charge in [-0.3, -0.25) is 9.59 Å². The Labute approximate surface area is 232 Å². The molecule has 0 aliphatic carbocycles. The largest absolute Gasteiger partial charge is 0.437 e. The Morgan fingerprint density at radius 3 is 2.84 bits per heavy atom. The van der Waals surface area contributed by atoms with Crippen LogP contribution in [0.3, 0.4) is 0 Å². The topological polar surface area (TPSA) is 107 Å². The van der Waals surface area contributed by atoms with Crippen molar-refractivity contribution >= 4 is 52.0 Å². The highest BCUT2D eigenvalue weighted by Gasteiger charge is 2.24. The summed E-state index contributed by atoms with van der Waals surface area (Å²) in [6.45, 7) is 2.81. The number of carbonyl (C=O) groups is 2. The lowest BCUT2D eigenvalue weighted by Crippen LogP contribution is -2.32. The van der Waals surface area contributed by atoms with Gasteiger partial charge >= 0.3 is 0 Å². The zero-order valence-electron chi connectivity index (χ0n) is 20.2. The first-order valence-corrected chi connectivity index (χ1v) is 13.5. The molecule has 1 atom stereocenters. The summed E-state index contributed by atoms with van der Waals surface area (Å²) >= 11 is 14.1. The number of ether oxygens (including phenoxy) is 2. The number of pyridine rings is 1. The second-order valence-corrected chi connectivity index (χ2v) is 10.2. The molecule has 4 aromatic rings. The van der Waals surface area contributed by atoms with Gasteiger partial charge in [0.2, 0.25) is 5.88 Å². The summed E-state index contributed by atoms with van der Waals surface area (Å²) in [5.41, 5.74) is 1.28. The quantitative estimate of drug-likeness (QED) is 0.272. The minimum Gasteiger partial charge on any atom is -0.437 e. The van der Waals surface area contributed by atoms with Crippen LogP contribution in [0.5, 0.6) is 11.6 Å². The van der Waals surface area contributed by atoms with Gasteiger partial charge in [-0.15, -0.1) is 16.4 Å². The first kappa shape index (κ1) is 26.2. The highest BCUT2D eigenvalue weighted by Crippen LogP contribution is 2.29. The van der Waals surface area contributed by atoms with Gasteiger partial charge in [-0.2, -0.15) is 0 Å². The molecule has 196 valence electrons. The summed E-state index contributed by atoms with van der Waals surface area (Å²) in [7, 11) is 0. The number of carbonyl (C=O) groups excluding carboxylic acids is 2. The summed E-state index contributed by atoms with van der Waals surface area (Å²) in [6, 6.07) is 9.79. The van der Waals surface area contributed by atoms with Crippen molar-refractivity contribution in [1.82, 2.24) is 20.1 Å². The van der Waals surface area contributed by atoms with Gasteiger partial charge in [0.15, 0.2) is 5.82 Å². The Balaban J connectivity index is 1.46. The summed E-state index contributed by atoms with van der Waals surface area (Å²) in [5, 5.41) is 14.5. The number of thiophene rings is 1. The van der Waals surface area contributed by atoms with Crippen LogP contribution >= 0.6 is 34.5 Å². The number of hydrogen-bond donors (Lipinski definition) is 2. The maximum Gasteiger partial charge on any atom is 0.274 e. The Hall–Kier alpha value is -3.44. The van der Waals surface area contributed by atoms with Gasteiger partial charge in [0.05, 0.1) is 22.4 Å². The van der Waals surface area contributed by atoms with Crippen LogP contribution in [-0.2, 0) is 4.74 Å². The molecule has 1 aliphatic heterocycles. The molecule has 4 heterocycles. The molecule has 0 unspecified atom stereocenters. The molecule has 5 rings (SSSR count). The minimum absolute atomic E-state index is 0.0311. The monoisotopic (exact) mass is 571 g/mol. The van der Waals surface area contributed by atoms with E-state index < -0.39 is 5.91 Å². The van der Waals surface area contributed by atoms with Gasteiger partial charge in [-0.05, 0) is 61.0 Å². The molecule has 0 bridgehead atoms. The molecule has 12 heteroatoms. The first-order chi connectivity index (χ1) is 18.4. The Morgan fingerprint density at radius 2 is 2.11 bits per heavy atom. The number of halogens is 2. The highest BCUT2D eigenvalue weighted by molar-refractivity contribution is 7.08. The van der Waals surface area contributed by atoms with Gasteiger partial charge in [-0.1, -0.05) is 23.2 Å². The Kier molecular flexibility index (Phi) is 7.94. The number of nitrogens with one attached hydrogen (secondary N) is 2. The lowest BCUT2D eigenvalue weighted by molar-refractivity contribution is 0.0858. The van der Waals surface area contributed by atoms with Crippen LogP contribution < -0.4 is 15.4 Å². The fraction of sp³-hybridized carbons (Fsp3) is 0.231. The van der Waals surface area contributed by atoms with Crippen LogP contribution in [0.25, 0.3) is 5.82 Å². The van der Waals surface area contributed by atoms with Crippen LogP contribution in [-0.4, -0.2) is 45.8 Å². The molecule has 38 heavy (non-hydrogen) atoms. The fourth-order valence-electron chi connectivity index (χ4n) is 4.07. The number of benzene rings is 1. The highest BCUT2D eigenvalue weighted by atomic mass is 35.5. The molecule has 1 saturated heterocycles. The number of aromatic nitrogens is 3. The average Bonchev–Trinajstić information content (AvgIpc) is 3.67. The van der Waals surface area contributed by atoms with E-state index in [1.807, 2.05) is 10.8 Å². The predicted octanol–water partition coefficient (Wildman–Crippen LogP) is 5.90. The van der Waals surface area contributed by atoms with Gasteiger partial charge < -0.3 is 20.1 Å². The van der Waals surface area contributed by atoms with E-state index in [4.69, 9.17) is 32.7 Å². The minimum atomic E-state index is -0.544. The number of amides is 2. The SMILES string of the molecule is Cc1cc(Cl)cc(C(=O)NC[C@@H]2CCCO2)c1NC(=O)c1cc(Oc2ccsc2)nn1-c1ncccc1Cl. The molecule has 0 spiro atoms. The summed E-state index contributed by atoms with van der Waals surface area (Å²) in [4.78, 5) is 31.0. The summed E-state index contributed by atoms with van der Waals surface area (Å²) in [6.07, 6.45) is 3.36. The second kappa shape index (κ2) is 11.5. The average molecular weight is 572 g/mol. The van der Waals surface area contributed by atoms with Gasteiger partial charge in [-0.25, -0.2) is 9.67 Å². The smallest absolute Gasteiger partial charge is 0.274 e. The number of aryl methyl sites for hydroxylation is 1. The van der Waals surface area contributed by atoms with E-state index in [1.54, 1.807) is 37.4 Å². The van der Waals surface area contributed by atoms with Gasteiger partial charge in [0.1, 0.15) is 11.4 Å². The van der Waals surface area contributed by atoms with Crippen LogP contribution in [0.2, 0.25) is 10.0 Å². The maximum atomic E-state index is 13.6. The molecule has 2 N–H and O–H groups in total. The van der Waals surface area contributed by atoms with E-state index in [2.05, 4.69) is 20.7 Å². The van der Waals surface area contributed by atoms with E-state index >= 15 is 0 Å². The lowest BCUT2D eigenvalue weighted by atomic mass is 10.1. The molecule has 9 nitrogen and oxygen atoms in total. The van der Waals surface area contributed by atoms with E-state index in [1.165, 1.54) is 28.2 Å². The number of rotatable bonds is 8. The predicted molar refractivity (Wildman–Crippen MR) is 146 cm³/mol. The zero-order valence-corrected chi connectivity index (χ0v) is 22.6. The van der Waals surface area contributed by atoms with Crippen LogP contribution in [0, 0.1) is 6.92 Å². The van der Waals surface area contributed by atoms with Crippen molar-refractivity contribution in [2.75, 3.05) is 18.5 Å². The molecule has 3 aromatic heterocycles. The van der Waals surface area contributed by atoms with E-state index in [0.29, 0.717) is 40.2 Å². The van der Waals surface area contributed by atoms with Crippen molar-refractivity contribution in [3.05, 3.63) is 80.2 Å². The molecule has 0 radical (unpaired) electrons. The lowest BCUT2D eigenvalue weighted by Gasteiger charge is -2.16. The van der Waals surface area contributed by atoms with Crippen molar-refractivity contribution in [2.45, 2.75) is 25.9 Å². The molecular weight excluding hydrogens is 549 g/mol. The third-order valence-corrected chi connectivity index (χ3v) is 7.05. The first-order valence-electron chi connectivity index (χ1n) is 11.8. The maximum absolute atomic E-state index is 13.6. The van der Waals surface area contributed by atoms with Crippen LogP contribution in [0.15, 0.2) is 53.4 Å². The van der Waals surface area contributed by atoms with Crippen LogP contribution in [0.4, 0.5) is 5.69 Å². The Bertz CT molecular complexity index is 1470. The number of nitrogens with zero attached hydrogens (tertiary/aromatic N) is 3. The molecule has 1 aromatic carbocycles.